The van der Waals surface area contributed by atoms with E-state index in [0.29, 0.717) is 17.8 Å². The van der Waals surface area contributed by atoms with Gasteiger partial charge in [0.15, 0.2) is 0 Å². The van der Waals surface area contributed by atoms with Crippen LogP contribution >= 0.6 is 12.4 Å². The van der Waals surface area contributed by atoms with Gasteiger partial charge in [-0.1, -0.05) is 30.3 Å². The normalized spacial score (nSPS) is 20.2. The molecule has 3 aromatic rings. The quantitative estimate of drug-likeness (QED) is 0.720. The van der Waals surface area contributed by atoms with Crippen molar-refractivity contribution in [1.29, 1.82) is 0 Å². The van der Waals surface area contributed by atoms with Crippen molar-refractivity contribution in [3.63, 3.8) is 0 Å². The first-order valence-electron chi connectivity index (χ1n) is 9.31. The summed E-state index contributed by atoms with van der Waals surface area (Å²) < 4.78 is 7.58. The Kier molecular flexibility index (Phi) is 5.99. The molecule has 6 heteroatoms. The van der Waals surface area contributed by atoms with E-state index in [4.69, 9.17) is 4.52 Å². The number of aromatic nitrogens is 3. The Morgan fingerprint density at radius 3 is 2.77 bits per heavy atom. The molecule has 0 spiro atoms. The summed E-state index contributed by atoms with van der Waals surface area (Å²) in [6.45, 7) is 3.25. The fraction of sp³-hybridized carbons (Fsp3) is 0.500. The highest BCUT2D eigenvalue weighted by Gasteiger charge is 2.18. The average Bonchev–Trinajstić information content (AvgIpc) is 3.22. The second-order valence-electron chi connectivity index (χ2n) is 7.34. The Morgan fingerprint density at radius 2 is 1.96 bits per heavy atom. The second-order valence-corrected chi connectivity index (χ2v) is 7.34. The third-order valence-corrected chi connectivity index (χ3v) is 5.39. The monoisotopic (exact) mass is 374 g/mol. The van der Waals surface area contributed by atoms with Gasteiger partial charge >= 0.3 is 0 Å². The van der Waals surface area contributed by atoms with E-state index in [9.17, 15) is 0 Å². The third-order valence-electron chi connectivity index (χ3n) is 5.39. The third kappa shape index (κ3) is 3.94. The maximum absolute atomic E-state index is 5.47. The van der Waals surface area contributed by atoms with E-state index in [0.717, 1.165) is 29.8 Å². The lowest BCUT2D eigenvalue weighted by atomic mass is 9.87. The van der Waals surface area contributed by atoms with E-state index in [-0.39, 0.29) is 12.4 Å². The summed E-state index contributed by atoms with van der Waals surface area (Å²) in [4.78, 5) is 4.61. The lowest BCUT2D eigenvalue weighted by Gasteiger charge is -2.26. The zero-order valence-electron chi connectivity index (χ0n) is 15.4. The van der Waals surface area contributed by atoms with Gasteiger partial charge in [-0.05, 0) is 37.7 Å². The van der Waals surface area contributed by atoms with E-state index >= 15 is 0 Å². The van der Waals surface area contributed by atoms with E-state index < -0.39 is 0 Å². The van der Waals surface area contributed by atoms with E-state index in [1.807, 2.05) is 19.2 Å². The van der Waals surface area contributed by atoms with Gasteiger partial charge in [0, 0.05) is 48.7 Å². The van der Waals surface area contributed by atoms with Crippen LogP contribution in [0.3, 0.4) is 0 Å². The van der Waals surface area contributed by atoms with Crippen LogP contribution in [-0.2, 0) is 13.5 Å². The van der Waals surface area contributed by atoms with Crippen LogP contribution < -0.4 is 5.32 Å². The number of hydrogen-bond acceptors (Lipinski definition) is 4. The van der Waals surface area contributed by atoms with Gasteiger partial charge in [0.05, 0.1) is 0 Å². The number of fused-ring (bicyclic) bond motifs is 1. The SMILES string of the molecule is CC1CCC(NCCc2nc(-c3cn(C)c4ccccc34)no2)CC1.Cl. The standard InChI is InChI=1S/C20H26N4O.ClH/c1-14-7-9-15(10-8-14)21-12-11-19-22-20(23-25-19)17-13-24(2)18-6-4-3-5-16(17)18;/h3-6,13-15,21H,7-12H2,1-2H3;1H. The fourth-order valence-electron chi connectivity index (χ4n) is 3.83. The first-order chi connectivity index (χ1) is 12.2. The highest BCUT2D eigenvalue weighted by atomic mass is 35.5. The molecule has 0 amide bonds. The van der Waals surface area contributed by atoms with Gasteiger partial charge in [-0.3, -0.25) is 0 Å². The van der Waals surface area contributed by atoms with Crippen LogP contribution in [0.5, 0.6) is 0 Å². The number of nitrogens with zero attached hydrogens (tertiary/aromatic N) is 3. The van der Waals surface area contributed by atoms with Crippen molar-refractivity contribution in [1.82, 2.24) is 20.0 Å². The number of benzene rings is 1. The minimum absolute atomic E-state index is 0. The predicted octanol–water partition coefficient (Wildman–Crippen LogP) is 4.36. The Bertz CT molecular complexity index is 848. The first kappa shape index (κ1) is 18.9. The average molecular weight is 375 g/mol. The molecule has 5 nitrogen and oxygen atoms in total. The van der Waals surface area contributed by atoms with Crippen molar-refractivity contribution in [3.8, 4) is 11.4 Å². The molecule has 0 bridgehead atoms. The fourth-order valence-corrected chi connectivity index (χ4v) is 3.83. The number of halogens is 1. The van der Waals surface area contributed by atoms with Crippen LogP contribution in [0, 0.1) is 5.92 Å². The number of rotatable bonds is 5. The van der Waals surface area contributed by atoms with Gasteiger partial charge in [-0.2, -0.15) is 4.98 Å². The molecule has 4 rings (SSSR count). The molecular weight excluding hydrogens is 348 g/mol. The minimum atomic E-state index is 0. The maximum Gasteiger partial charge on any atom is 0.228 e. The van der Waals surface area contributed by atoms with Crippen molar-refractivity contribution in [2.24, 2.45) is 13.0 Å². The lowest BCUT2D eigenvalue weighted by molar-refractivity contribution is 0.303. The maximum atomic E-state index is 5.47. The number of nitrogens with one attached hydrogen (secondary N) is 1. The summed E-state index contributed by atoms with van der Waals surface area (Å²) in [5.74, 6) is 2.27. The lowest BCUT2D eigenvalue weighted by Crippen LogP contribution is -2.34. The molecule has 1 N–H and O–H groups in total. The number of hydrogen-bond donors (Lipinski definition) is 1. The molecule has 140 valence electrons. The molecule has 0 aliphatic heterocycles. The van der Waals surface area contributed by atoms with Crippen molar-refractivity contribution >= 4 is 23.3 Å². The summed E-state index contributed by atoms with van der Waals surface area (Å²) in [5, 5.41) is 9.00. The first-order valence-corrected chi connectivity index (χ1v) is 9.31. The van der Waals surface area contributed by atoms with Gasteiger partial charge in [0.2, 0.25) is 11.7 Å². The summed E-state index contributed by atoms with van der Waals surface area (Å²) in [6, 6.07) is 8.95. The van der Waals surface area contributed by atoms with E-state index in [2.05, 4.69) is 45.3 Å². The number of aryl methyl sites for hydroxylation is 1. The van der Waals surface area contributed by atoms with Gasteiger partial charge in [-0.25, -0.2) is 0 Å². The molecule has 2 heterocycles. The zero-order chi connectivity index (χ0) is 17.2. The molecule has 1 aliphatic rings. The van der Waals surface area contributed by atoms with Crippen LogP contribution in [0.15, 0.2) is 35.0 Å². The van der Waals surface area contributed by atoms with Gasteiger partial charge in [0.25, 0.3) is 0 Å². The highest BCUT2D eigenvalue weighted by Crippen LogP contribution is 2.28. The number of para-hydroxylation sites is 1. The van der Waals surface area contributed by atoms with Gasteiger partial charge in [-0.15, -0.1) is 12.4 Å². The van der Waals surface area contributed by atoms with Crippen LogP contribution in [0.1, 0.15) is 38.5 Å². The summed E-state index contributed by atoms with van der Waals surface area (Å²) in [7, 11) is 2.04. The Hall–Kier alpha value is -1.85. The summed E-state index contributed by atoms with van der Waals surface area (Å²) >= 11 is 0. The van der Waals surface area contributed by atoms with Crippen LogP contribution in [0.2, 0.25) is 0 Å². The summed E-state index contributed by atoms with van der Waals surface area (Å²) in [6.07, 6.45) is 8.09. The van der Waals surface area contributed by atoms with Crippen molar-refractivity contribution in [3.05, 3.63) is 36.4 Å². The van der Waals surface area contributed by atoms with E-state index in [1.165, 1.54) is 31.2 Å². The second kappa shape index (κ2) is 8.23. The van der Waals surface area contributed by atoms with Crippen molar-refractivity contribution in [2.45, 2.75) is 45.1 Å². The molecular formula is C20H27ClN4O. The Balaban J connectivity index is 0.00000196. The van der Waals surface area contributed by atoms with Gasteiger partial charge < -0.3 is 14.4 Å². The highest BCUT2D eigenvalue weighted by molar-refractivity contribution is 5.94. The van der Waals surface area contributed by atoms with Crippen molar-refractivity contribution < 1.29 is 4.52 Å². The Labute approximate surface area is 160 Å². The molecule has 26 heavy (non-hydrogen) atoms. The molecule has 2 aromatic heterocycles. The van der Waals surface area contributed by atoms with Gasteiger partial charge in [0.1, 0.15) is 0 Å². The largest absolute Gasteiger partial charge is 0.350 e. The van der Waals surface area contributed by atoms with Crippen LogP contribution in [-0.4, -0.2) is 27.3 Å². The molecule has 1 fully saturated rings. The molecule has 1 aromatic carbocycles. The zero-order valence-corrected chi connectivity index (χ0v) is 16.3. The summed E-state index contributed by atoms with van der Waals surface area (Å²) in [5.41, 5.74) is 2.21. The van der Waals surface area contributed by atoms with E-state index in [1.54, 1.807) is 0 Å². The molecule has 0 saturated heterocycles. The van der Waals surface area contributed by atoms with Crippen molar-refractivity contribution in [2.75, 3.05) is 6.54 Å². The predicted molar refractivity (Wildman–Crippen MR) is 107 cm³/mol. The topological polar surface area (TPSA) is 55.9 Å². The minimum Gasteiger partial charge on any atom is -0.350 e. The molecule has 1 aliphatic carbocycles. The molecule has 1 saturated carbocycles. The Morgan fingerprint density at radius 1 is 1.19 bits per heavy atom. The molecule has 0 unspecified atom stereocenters. The van der Waals surface area contributed by atoms with Crippen LogP contribution in [0.25, 0.3) is 22.3 Å². The molecule has 0 radical (unpaired) electrons. The van der Waals surface area contributed by atoms with Crippen LogP contribution in [0.4, 0.5) is 0 Å². The smallest absolute Gasteiger partial charge is 0.228 e. The molecule has 0 atom stereocenters.